The molecule has 0 bridgehead atoms. The maximum atomic E-state index is 15.2. The molecule has 0 atom stereocenters. The zero-order chi connectivity index (χ0) is 29.1. The Balaban J connectivity index is 1.48. The molecule has 1 amide bonds. The number of likely N-dealkylation sites (N-methyl/N-ethyl adjacent to an activating group) is 1. The Kier molecular flexibility index (Phi) is 8.48. The normalized spacial score (nSPS) is 19.0. The minimum Gasteiger partial charge on any atom is -0.367 e. The van der Waals surface area contributed by atoms with E-state index in [2.05, 4.69) is 37.2 Å². The molecule has 5 rings (SSSR count). The van der Waals surface area contributed by atoms with Crippen molar-refractivity contribution in [3.63, 3.8) is 0 Å². The first-order valence-corrected chi connectivity index (χ1v) is 13.6. The monoisotopic (exact) mass is 570 g/mol. The highest BCUT2D eigenvalue weighted by Crippen LogP contribution is 2.37. The van der Waals surface area contributed by atoms with Crippen LogP contribution in [-0.2, 0) is 11.3 Å². The van der Waals surface area contributed by atoms with Gasteiger partial charge in [0, 0.05) is 76.4 Å². The lowest BCUT2D eigenvalue weighted by atomic mass is 9.99. The summed E-state index contributed by atoms with van der Waals surface area (Å²) in [6.45, 7) is 10.7. The molecule has 41 heavy (non-hydrogen) atoms. The number of hydrogen-bond acceptors (Lipinski definition) is 6. The van der Waals surface area contributed by atoms with Gasteiger partial charge in [-0.2, -0.15) is 13.2 Å². The van der Waals surface area contributed by atoms with Crippen LogP contribution >= 0.6 is 0 Å². The number of allylic oxidation sites excluding steroid dienone is 1. The average Bonchev–Trinajstić information content (AvgIpc) is 2.94. The highest BCUT2D eigenvalue weighted by Gasteiger charge is 2.39. The van der Waals surface area contributed by atoms with Crippen LogP contribution in [0.3, 0.4) is 0 Å². The molecule has 0 radical (unpaired) electrons. The molecule has 2 saturated heterocycles. The van der Waals surface area contributed by atoms with Crippen LogP contribution in [0.25, 0.3) is 11.1 Å². The SMILES string of the molecule is C=C1C=C(C(F)(F)F)C(C(=O)Nc2cc(-c3cc(CN4CCNCC4)ccc3F)ccc2N2CCN(C)CC2)=CN1. The summed E-state index contributed by atoms with van der Waals surface area (Å²) in [4.78, 5) is 19.9. The molecule has 0 aliphatic carbocycles. The second kappa shape index (κ2) is 12.1. The van der Waals surface area contributed by atoms with Crippen LogP contribution in [0.1, 0.15) is 5.56 Å². The summed E-state index contributed by atoms with van der Waals surface area (Å²) in [5.74, 6) is -1.34. The fourth-order valence-corrected chi connectivity index (χ4v) is 5.29. The predicted octanol–water partition coefficient (Wildman–Crippen LogP) is 4.08. The van der Waals surface area contributed by atoms with Gasteiger partial charge in [0.25, 0.3) is 5.91 Å². The molecule has 3 N–H and O–H groups in total. The molecule has 2 aromatic rings. The van der Waals surface area contributed by atoms with E-state index >= 15 is 4.39 Å². The number of dihydropyridines is 1. The van der Waals surface area contributed by atoms with Gasteiger partial charge in [-0.05, 0) is 48.5 Å². The van der Waals surface area contributed by atoms with Crippen LogP contribution < -0.4 is 20.9 Å². The number of anilines is 2. The molecule has 11 heteroatoms. The van der Waals surface area contributed by atoms with Gasteiger partial charge in [0.15, 0.2) is 0 Å². The maximum Gasteiger partial charge on any atom is 0.417 e. The van der Waals surface area contributed by atoms with Gasteiger partial charge in [0.05, 0.1) is 22.5 Å². The smallest absolute Gasteiger partial charge is 0.367 e. The number of nitrogens with zero attached hydrogens (tertiary/aromatic N) is 3. The average molecular weight is 571 g/mol. The maximum absolute atomic E-state index is 15.2. The van der Waals surface area contributed by atoms with Crippen LogP contribution in [0.15, 0.2) is 72.1 Å². The van der Waals surface area contributed by atoms with E-state index < -0.39 is 29.0 Å². The van der Waals surface area contributed by atoms with E-state index in [-0.39, 0.29) is 5.70 Å². The van der Waals surface area contributed by atoms with Crippen molar-refractivity contribution >= 4 is 17.3 Å². The summed E-state index contributed by atoms with van der Waals surface area (Å²) in [5, 5.41) is 8.63. The van der Waals surface area contributed by atoms with E-state index in [0.717, 1.165) is 57.1 Å². The van der Waals surface area contributed by atoms with Gasteiger partial charge in [0.1, 0.15) is 5.82 Å². The van der Waals surface area contributed by atoms with Crippen LogP contribution in [-0.4, -0.2) is 81.3 Å². The summed E-state index contributed by atoms with van der Waals surface area (Å²) in [6.07, 6.45) is -2.92. The Hall–Kier alpha value is -3.67. The summed E-state index contributed by atoms with van der Waals surface area (Å²) < 4.78 is 56.5. The predicted molar refractivity (Wildman–Crippen MR) is 153 cm³/mol. The quantitative estimate of drug-likeness (QED) is 0.456. The van der Waals surface area contributed by atoms with Crippen molar-refractivity contribution in [2.75, 3.05) is 69.6 Å². The summed E-state index contributed by atoms with van der Waals surface area (Å²) in [7, 11) is 2.01. The first-order chi connectivity index (χ1) is 19.6. The van der Waals surface area contributed by atoms with E-state index in [1.165, 1.54) is 6.07 Å². The van der Waals surface area contributed by atoms with Crippen molar-refractivity contribution in [3.05, 3.63) is 83.5 Å². The van der Waals surface area contributed by atoms with Crippen molar-refractivity contribution in [2.24, 2.45) is 0 Å². The van der Waals surface area contributed by atoms with Crippen LogP contribution in [0, 0.1) is 5.82 Å². The van der Waals surface area contributed by atoms with Gasteiger partial charge in [-0.25, -0.2) is 4.39 Å². The molecule has 3 heterocycles. The molecule has 2 fully saturated rings. The number of carbonyl (C=O) groups excluding carboxylic acids is 1. The highest BCUT2D eigenvalue weighted by atomic mass is 19.4. The number of piperazine rings is 2. The minimum absolute atomic E-state index is 0.0326. The van der Waals surface area contributed by atoms with Gasteiger partial charge >= 0.3 is 6.18 Å². The van der Waals surface area contributed by atoms with Crippen LogP contribution in [0.4, 0.5) is 28.9 Å². The van der Waals surface area contributed by atoms with Crippen LogP contribution in [0.2, 0.25) is 0 Å². The first kappa shape index (κ1) is 28.8. The van der Waals surface area contributed by atoms with Crippen molar-refractivity contribution in [3.8, 4) is 11.1 Å². The molecule has 218 valence electrons. The van der Waals surface area contributed by atoms with Gasteiger partial charge in [-0.1, -0.05) is 18.7 Å². The molecule has 0 spiro atoms. The zero-order valence-corrected chi connectivity index (χ0v) is 23.0. The Morgan fingerprint density at radius 2 is 1.76 bits per heavy atom. The third-order valence-electron chi connectivity index (χ3n) is 7.61. The highest BCUT2D eigenvalue weighted by molar-refractivity contribution is 6.09. The molecule has 2 aromatic carbocycles. The van der Waals surface area contributed by atoms with Crippen molar-refractivity contribution in [1.29, 1.82) is 0 Å². The minimum atomic E-state index is -4.75. The second-order valence-electron chi connectivity index (χ2n) is 10.6. The van der Waals surface area contributed by atoms with E-state index in [1.807, 2.05) is 7.05 Å². The standard InChI is InChI=1S/C30H34F4N6O/c1-20-15-25(30(32,33)34)24(18-36-20)29(41)37-27-17-22(4-6-28(27)40-13-11-38(2)12-14-40)23-16-21(3-5-26(23)31)19-39-9-7-35-8-10-39/h3-6,15-18,35-36H,1,7-14,19H2,2H3,(H,37,41). The number of nitrogens with one attached hydrogen (secondary N) is 3. The number of benzene rings is 2. The Morgan fingerprint density at radius 1 is 1.02 bits per heavy atom. The second-order valence-corrected chi connectivity index (χ2v) is 10.6. The Morgan fingerprint density at radius 3 is 2.46 bits per heavy atom. The molecule has 3 aliphatic heterocycles. The lowest BCUT2D eigenvalue weighted by Crippen LogP contribution is -2.44. The lowest BCUT2D eigenvalue weighted by Gasteiger charge is -2.35. The third-order valence-corrected chi connectivity index (χ3v) is 7.61. The van der Waals surface area contributed by atoms with E-state index in [4.69, 9.17) is 0 Å². The number of carbonyl (C=O) groups is 1. The lowest BCUT2D eigenvalue weighted by molar-refractivity contribution is -0.115. The first-order valence-electron chi connectivity index (χ1n) is 13.6. The molecule has 7 nitrogen and oxygen atoms in total. The topological polar surface area (TPSA) is 62.9 Å². The summed E-state index contributed by atoms with van der Waals surface area (Å²) >= 11 is 0. The van der Waals surface area contributed by atoms with Gasteiger partial charge in [-0.15, -0.1) is 0 Å². The molecular weight excluding hydrogens is 536 g/mol. The fourth-order valence-electron chi connectivity index (χ4n) is 5.29. The molecule has 0 saturated carbocycles. The number of hydrogen-bond donors (Lipinski definition) is 3. The number of halogens is 4. The van der Waals surface area contributed by atoms with Crippen molar-refractivity contribution in [1.82, 2.24) is 20.4 Å². The fraction of sp³-hybridized carbons (Fsp3) is 0.367. The number of amides is 1. The van der Waals surface area contributed by atoms with E-state index in [9.17, 15) is 18.0 Å². The number of rotatable bonds is 6. The Labute approximate surface area is 237 Å². The van der Waals surface area contributed by atoms with Gasteiger partial charge in [-0.3, -0.25) is 9.69 Å². The van der Waals surface area contributed by atoms with E-state index in [1.54, 1.807) is 30.3 Å². The molecular formula is C30H34F4N6O. The van der Waals surface area contributed by atoms with Gasteiger partial charge in [0.2, 0.25) is 0 Å². The van der Waals surface area contributed by atoms with Gasteiger partial charge < -0.3 is 25.8 Å². The van der Waals surface area contributed by atoms with Crippen molar-refractivity contribution in [2.45, 2.75) is 12.7 Å². The summed E-state index contributed by atoms with van der Waals surface area (Å²) in [5.41, 5.74) is 1.22. The van der Waals surface area contributed by atoms with Crippen molar-refractivity contribution < 1.29 is 22.4 Å². The summed E-state index contributed by atoms with van der Waals surface area (Å²) in [6, 6.07) is 10.2. The van der Waals surface area contributed by atoms with Crippen LogP contribution in [0.5, 0.6) is 0 Å². The molecule has 3 aliphatic rings. The van der Waals surface area contributed by atoms with E-state index in [0.29, 0.717) is 42.1 Å². The third kappa shape index (κ3) is 6.80. The number of alkyl halides is 3. The Bertz CT molecular complexity index is 1370. The molecule has 0 aromatic heterocycles. The largest absolute Gasteiger partial charge is 0.417 e. The molecule has 0 unspecified atom stereocenters. The zero-order valence-electron chi connectivity index (χ0n) is 23.0.